The monoisotopic (exact) mass is 723 g/mol. The van der Waals surface area contributed by atoms with Crippen LogP contribution >= 0.6 is 0 Å². The van der Waals surface area contributed by atoms with Gasteiger partial charge in [-0.2, -0.15) is 0 Å². The van der Waals surface area contributed by atoms with Gasteiger partial charge in [0, 0.05) is 17.1 Å². The van der Waals surface area contributed by atoms with Crippen LogP contribution in [0.2, 0.25) is 0 Å². The van der Waals surface area contributed by atoms with E-state index in [2.05, 4.69) is 229 Å². The number of para-hydroxylation sites is 2. The van der Waals surface area contributed by atoms with Crippen LogP contribution in [0, 0.1) is 0 Å². The van der Waals surface area contributed by atoms with Crippen LogP contribution < -0.4 is 4.90 Å². The highest BCUT2D eigenvalue weighted by atomic mass is 15.1. The highest BCUT2D eigenvalue weighted by Crippen LogP contribution is 2.51. The van der Waals surface area contributed by atoms with E-state index in [9.17, 15) is 0 Å². The molecule has 0 bridgehead atoms. The van der Waals surface area contributed by atoms with Crippen molar-refractivity contribution in [1.82, 2.24) is 0 Å². The maximum Gasteiger partial charge on any atom is 0.0462 e. The van der Waals surface area contributed by atoms with E-state index < -0.39 is 0 Å². The van der Waals surface area contributed by atoms with Gasteiger partial charge in [-0.25, -0.2) is 0 Å². The molecule has 1 heteroatoms. The minimum absolute atomic E-state index is 1.11. The van der Waals surface area contributed by atoms with Gasteiger partial charge in [0.15, 0.2) is 0 Å². The Labute approximate surface area is 332 Å². The molecule has 0 unspecified atom stereocenters. The van der Waals surface area contributed by atoms with Gasteiger partial charge in [0.1, 0.15) is 0 Å². The van der Waals surface area contributed by atoms with Gasteiger partial charge in [0.05, 0.1) is 0 Å². The van der Waals surface area contributed by atoms with E-state index in [1.54, 1.807) is 0 Å². The van der Waals surface area contributed by atoms with Crippen molar-refractivity contribution in [3.8, 4) is 33.4 Å². The van der Waals surface area contributed by atoms with Crippen LogP contribution in [0.4, 0.5) is 17.1 Å². The molecule has 0 spiro atoms. The second kappa shape index (κ2) is 13.7. The Morgan fingerprint density at radius 2 is 0.632 bits per heavy atom. The zero-order valence-electron chi connectivity index (χ0n) is 31.3. The molecule has 0 aliphatic carbocycles. The molecule has 0 saturated carbocycles. The average molecular weight is 724 g/mol. The van der Waals surface area contributed by atoms with Gasteiger partial charge in [0.2, 0.25) is 0 Å². The van der Waals surface area contributed by atoms with Crippen molar-refractivity contribution in [2.24, 2.45) is 0 Å². The molecule has 0 fully saturated rings. The van der Waals surface area contributed by atoms with Gasteiger partial charge in [-0.05, 0) is 136 Å². The normalized spacial score (nSPS) is 11.5. The summed E-state index contributed by atoms with van der Waals surface area (Å²) >= 11 is 0. The maximum atomic E-state index is 2.43. The number of hydrogen-bond acceptors (Lipinski definition) is 1. The van der Waals surface area contributed by atoms with Gasteiger partial charge in [-0.1, -0.05) is 176 Å². The molecule has 11 rings (SSSR count). The first-order valence-corrected chi connectivity index (χ1v) is 19.7. The Balaban J connectivity index is 1.27. The first kappa shape index (κ1) is 32.9. The van der Waals surface area contributed by atoms with Gasteiger partial charge >= 0.3 is 0 Å². The summed E-state index contributed by atoms with van der Waals surface area (Å²) in [6, 6.07) is 82.0. The molecule has 1 nitrogen and oxygen atoms in total. The largest absolute Gasteiger partial charge is 0.311 e. The van der Waals surface area contributed by atoms with Crippen molar-refractivity contribution in [3.05, 3.63) is 224 Å². The van der Waals surface area contributed by atoms with Crippen molar-refractivity contribution >= 4 is 70.9 Å². The summed E-state index contributed by atoms with van der Waals surface area (Å²) in [7, 11) is 0. The van der Waals surface area contributed by atoms with E-state index in [0.717, 1.165) is 17.1 Å². The molecule has 11 aromatic rings. The predicted octanol–water partition coefficient (Wildman–Crippen LogP) is 15.9. The number of anilines is 3. The van der Waals surface area contributed by atoms with Crippen molar-refractivity contribution in [3.63, 3.8) is 0 Å². The molecular weight excluding hydrogens is 687 g/mol. The molecule has 0 radical (unpaired) electrons. The summed E-state index contributed by atoms with van der Waals surface area (Å²) in [5.41, 5.74) is 10.8. The van der Waals surface area contributed by atoms with Crippen molar-refractivity contribution < 1.29 is 0 Å². The first-order valence-electron chi connectivity index (χ1n) is 19.7. The summed E-state index contributed by atoms with van der Waals surface area (Å²) < 4.78 is 0. The Morgan fingerprint density at radius 3 is 1.18 bits per heavy atom. The fourth-order valence-corrected chi connectivity index (χ4v) is 9.11. The zero-order valence-corrected chi connectivity index (χ0v) is 31.3. The van der Waals surface area contributed by atoms with E-state index in [1.807, 2.05) is 0 Å². The number of rotatable bonds is 6. The van der Waals surface area contributed by atoms with Crippen molar-refractivity contribution in [2.75, 3.05) is 4.90 Å². The molecule has 0 aromatic heterocycles. The number of fused-ring (bicyclic) bond motifs is 8. The standard InChI is InChI=1S/C56H37N/c1-4-18-38(19-5-1)51-36-40-20-10-11-21-41(40)37-52(51)54-50-31-17-16-30-49(50)53(55-47-28-14-12-26-45(47)46-27-13-15-29-48(46)56(54)55)39-32-34-44(35-33-39)57(42-22-6-2-7-23-42)43-24-8-3-9-25-43/h1-37H. The van der Waals surface area contributed by atoms with Crippen LogP contribution in [0.25, 0.3) is 87.2 Å². The second-order valence-electron chi connectivity index (χ2n) is 14.8. The molecule has 57 heavy (non-hydrogen) atoms. The number of nitrogens with zero attached hydrogens (tertiary/aromatic N) is 1. The lowest BCUT2D eigenvalue weighted by Gasteiger charge is -2.26. The van der Waals surface area contributed by atoms with Crippen LogP contribution in [0.3, 0.4) is 0 Å². The summed E-state index contributed by atoms with van der Waals surface area (Å²) in [5, 5.41) is 12.6. The third-order valence-electron chi connectivity index (χ3n) is 11.6. The lowest BCUT2D eigenvalue weighted by molar-refractivity contribution is 1.28. The first-order chi connectivity index (χ1) is 28.3. The molecule has 0 atom stereocenters. The van der Waals surface area contributed by atoms with Gasteiger partial charge in [-0.3, -0.25) is 0 Å². The number of benzene rings is 11. The van der Waals surface area contributed by atoms with E-state index in [0.29, 0.717) is 0 Å². The zero-order chi connectivity index (χ0) is 37.7. The molecular formula is C56H37N. The third-order valence-corrected chi connectivity index (χ3v) is 11.6. The molecule has 0 saturated heterocycles. The van der Waals surface area contributed by atoms with Crippen LogP contribution in [0.15, 0.2) is 224 Å². The summed E-state index contributed by atoms with van der Waals surface area (Å²) in [6.45, 7) is 0. The van der Waals surface area contributed by atoms with Gasteiger partial charge in [-0.15, -0.1) is 0 Å². The number of hydrogen-bond donors (Lipinski definition) is 0. The van der Waals surface area contributed by atoms with Crippen LogP contribution in [-0.4, -0.2) is 0 Å². The quantitative estimate of drug-likeness (QED) is 0.122. The van der Waals surface area contributed by atoms with Crippen LogP contribution in [0.1, 0.15) is 0 Å². The Morgan fingerprint density at radius 1 is 0.246 bits per heavy atom. The molecule has 0 aliphatic heterocycles. The molecule has 0 heterocycles. The lowest BCUT2D eigenvalue weighted by atomic mass is 9.80. The highest BCUT2D eigenvalue weighted by Gasteiger charge is 2.24. The summed E-state index contributed by atoms with van der Waals surface area (Å²) in [4.78, 5) is 2.33. The summed E-state index contributed by atoms with van der Waals surface area (Å²) in [6.07, 6.45) is 0. The third kappa shape index (κ3) is 5.47. The van der Waals surface area contributed by atoms with Gasteiger partial charge < -0.3 is 4.90 Å². The van der Waals surface area contributed by atoms with E-state index >= 15 is 0 Å². The molecule has 266 valence electrons. The fourth-order valence-electron chi connectivity index (χ4n) is 9.11. The molecule has 11 aromatic carbocycles. The highest BCUT2D eigenvalue weighted by molar-refractivity contribution is 6.37. The van der Waals surface area contributed by atoms with E-state index in [1.165, 1.54) is 87.2 Å². The Bertz CT molecular complexity index is 3220. The molecule has 0 N–H and O–H groups in total. The Kier molecular flexibility index (Phi) is 7.89. The predicted molar refractivity (Wildman–Crippen MR) is 245 cm³/mol. The average Bonchev–Trinajstić information content (AvgIpc) is 3.29. The van der Waals surface area contributed by atoms with Crippen molar-refractivity contribution in [1.29, 1.82) is 0 Å². The Hall–Kier alpha value is -7.48. The van der Waals surface area contributed by atoms with E-state index in [4.69, 9.17) is 0 Å². The molecule has 0 amide bonds. The minimum atomic E-state index is 1.11. The van der Waals surface area contributed by atoms with Crippen LogP contribution in [-0.2, 0) is 0 Å². The van der Waals surface area contributed by atoms with Crippen molar-refractivity contribution in [2.45, 2.75) is 0 Å². The van der Waals surface area contributed by atoms with E-state index in [-0.39, 0.29) is 0 Å². The lowest BCUT2D eigenvalue weighted by Crippen LogP contribution is -2.09. The maximum absolute atomic E-state index is 2.43. The summed E-state index contributed by atoms with van der Waals surface area (Å²) in [5.74, 6) is 0. The fraction of sp³-hybridized carbons (Fsp3) is 0. The van der Waals surface area contributed by atoms with Gasteiger partial charge in [0.25, 0.3) is 0 Å². The van der Waals surface area contributed by atoms with Crippen LogP contribution in [0.5, 0.6) is 0 Å². The SMILES string of the molecule is c1ccc(-c2cc3ccccc3cc2-c2c3ccccc3c(-c3ccc(N(c4ccccc4)c4ccccc4)cc3)c3c4ccccc4c4ccccc4c23)cc1. The topological polar surface area (TPSA) is 3.24 Å². The smallest absolute Gasteiger partial charge is 0.0462 e. The molecule has 0 aliphatic rings. The minimum Gasteiger partial charge on any atom is -0.311 e. The second-order valence-corrected chi connectivity index (χ2v) is 14.8.